The summed E-state index contributed by atoms with van der Waals surface area (Å²) >= 11 is 0. The van der Waals surface area contributed by atoms with E-state index < -0.39 is 0 Å². The predicted molar refractivity (Wildman–Crippen MR) is 55.3 cm³/mol. The average Bonchev–Trinajstić information content (AvgIpc) is 2.76. The quantitative estimate of drug-likeness (QED) is 0.461. The molecule has 1 rings (SSSR count). The summed E-state index contributed by atoms with van der Waals surface area (Å²) in [6.45, 7) is 5.06. The molecule has 5 heteroatoms. The summed E-state index contributed by atoms with van der Waals surface area (Å²) in [5.41, 5.74) is 0. The van der Waals surface area contributed by atoms with Crippen LogP contribution in [-0.2, 0) is 19.4 Å². The van der Waals surface area contributed by atoms with Gasteiger partial charge in [-0.15, -0.1) is 0 Å². The van der Waals surface area contributed by atoms with Gasteiger partial charge in [0.25, 0.3) is 0 Å². The van der Waals surface area contributed by atoms with Gasteiger partial charge in [0, 0.05) is 0 Å². The van der Waals surface area contributed by atoms with Gasteiger partial charge < -0.3 is 14.7 Å². The Kier molecular flexibility index (Phi) is 6.91. The van der Waals surface area contributed by atoms with Gasteiger partial charge in [0.15, 0.2) is 0 Å². The van der Waals surface area contributed by atoms with E-state index in [-0.39, 0.29) is 18.8 Å². The third kappa shape index (κ3) is 4.76. The van der Waals surface area contributed by atoms with Crippen molar-refractivity contribution in [2.24, 2.45) is 0 Å². The zero-order chi connectivity index (χ0) is 11.8. The van der Waals surface area contributed by atoms with Crippen LogP contribution in [0.15, 0.2) is 0 Å². The normalized spacial score (nSPS) is 25.5. The second-order valence-corrected chi connectivity index (χ2v) is 4.08. The molecule has 2 unspecified atom stereocenters. The van der Waals surface area contributed by atoms with Crippen molar-refractivity contribution in [3.05, 3.63) is 0 Å². The van der Waals surface area contributed by atoms with E-state index in [2.05, 4.69) is 23.8 Å². The Morgan fingerprint density at radius 3 is 2.38 bits per heavy atom. The highest BCUT2D eigenvalue weighted by atomic mass is 17.5. The molecule has 1 aliphatic rings. The molecule has 1 heterocycles. The summed E-state index contributed by atoms with van der Waals surface area (Å²) in [6, 6.07) is 0. The lowest BCUT2D eigenvalue weighted by Crippen LogP contribution is -2.24. The first-order valence-electron chi connectivity index (χ1n) is 5.98. The zero-order valence-corrected chi connectivity index (χ0v) is 10.0. The zero-order valence-electron chi connectivity index (χ0n) is 10.0. The van der Waals surface area contributed by atoms with Crippen molar-refractivity contribution < 1.29 is 24.7 Å². The lowest BCUT2D eigenvalue weighted by atomic mass is 10.2. The molecule has 0 spiro atoms. The molecular formula is C11H21O5-. The van der Waals surface area contributed by atoms with Crippen molar-refractivity contribution in [2.45, 2.75) is 57.8 Å². The van der Waals surface area contributed by atoms with Crippen molar-refractivity contribution in [1.82, 2.24) is 0 Å². The molecule has 16 heavy (non-hydrogen) atoms. The monoisotopic (exact) mass is 233 g/mol. The molecule has 2 atom stereocenters. The third-order valence-corrected chi connectivity index (χ3v) is 2.93. The maximum Gasteiger partial charge on any atom is 0.108 e. The predicted octanol–water partition coefficient (Wildman–Crippen LogP) is 0.963. The minimum absolute atomic E-state index is 0.0377. The van der Waals surface area contributed by atoms with E-state index in [9.17, 15) is 5.26 Å². The molecule has 1 aliphatic heterocycles. The molecule has 1 saturated heterocycles. The van der Waals surface area contributed by atoms with Crippen LogP contribution >= 0.6 is 0 Å². The Hall–Kier alpha value is -0.200. The van der Waals surface area contributed by atoms with Crippen molar-refractivity contribution in [3.63, 3.8) is 0 Å². The fourth-order valence-corrected chi connectivity index (χ4v) is 1.90. The molecule has 0 N–H and O–H groups in total. The standard InChI is InChI=1S/C11H22O5/c1-3-9(4-2)13-7-10-5-6-11(15-10)8-14-16-12/h9-12H,3-8H2,1-2H3/p-1. The number of hydrogen-bond donors (Lipinski definition) is 0. The smallest absolute Gasteiger partial charge is 0.108 e. The molecule has 0 bridgehead atoms. The minimum atomic E-state index is -0.0377. The summed E-state index contributed by atoms with van der Waals surface area (Å²) in [5, 5.41) is 13.0. The van der Waals surface area contributed by atoms with Gasteiger partial charge in [-0.1, -0.05) is 13.8 Å². The molecule has 0 saturated carbocycles. The van der Waals surface area contributed by atoms with E-state index in [1.807, 2.05) is 0 Å². The summed E-state index contributed by atoms with van der Waals surface area (Å²) < 4.78 is 11.4. The highest BCUT2D eigenvalue weighted by Gasteiger charge is 2.26. The fourth-order valence-electron chi connectivity index (χ4n) is 1.90. The van der Waals surface area contributed by atoms with E-state index in [0.29, 0.717) is 12.7 Å². The van der Waals surface area contributed by atoms with Crippen LogP contribution in [0.25, 0.3) is 0 Å². The lowest BCUT2D eigenvalue weighted by Gasteiger charge is -2.18. The average molecular weight is 233 g/mol. The van der Waals surface area contributed by atoms with Crippen LogP contribution < -0.4 is 5.26 Å². The Labute approximate surface area is 96.5 Å². The first kappa shape index (κ1) is 13.9. The van der Waals surface area contributed by atoms with Crippen LogP contribution in [-0.4, -0.2) is 31.5 Å². The van der Waals surface area contributed by atoms with Gasteiger partial charge in [0.2, 0.25) is 0 Å². The molecule has 0 amide bonds. The summed E-state index contributed by atoms with van der Waals surface area (Å²) in [5.74, 6) is 0. The topological polar surface area (TPSA) is 60.0 Å². The van der Waals surface area contributed by atoms with E-state index >= 15 is 0 Å². The molecule has 0 aromatic carbocycles. The Morgan fingerprint density at radius 2 is 1.81 bits per heavy atom. The fraction of sp³-hybridized carbons (Fsp3) is 1.00. The molecule has 0 aliphatic carbocycles. The van der Waals surface area contributed by atoms with E-state index in [1.54, 1.807) is 0 Å². The van der Waals surface area contributed by atoms with Crippen LogP contribution in [0.2, 0.25) is 0 Å². The highest BCUT2D eigenvalue weighted by Crippen LogP contribution is 2.21. The maximum atomic E-state index is 9.66. The van der Waals surface area contributed by atoms with E-state index in [1.165, 1.54) is 0 Å². The second kappa shape index (κ2) is 7.97. The van der Waals surface area contributed by atoms with Gasteiger partial charge in [0.05, 0.1) is 24.9 Å². The molecule has 0 radical (unpaired) electrons. The summed E-state index contributed by atoms with van der Waals surface area (Å²) in [6.07, 6.45) is 4.31. The van der Waals surface area contributed by atoms with Crippen molar-refractivity contribution >= 4 is 0 Å². The number of hydrogen-bond acceptors (Lipinski definition) is 5. The lowest BCUT2D eigenvalue weighted by molar-refractivity contribution is -0.800. The Morgan fingerprint density at radius 1 is 1.19 bits per heavy atom. The number of ether oxygens (including phenoxy) is 2. The minimum Gasteiger partial charge on any atom is -0.692 e. The third-order valence-electron chi connectivity index (χ3n) is 2.93. The van der Waals surface area contributed by atoms with Gasteiger partial charge in [-0.25, -0.2) is 4.89 Å². The van der Waals surface area contributed by atoms with Crippen LogP contribution in [0.4, 0.5) is 0 Å². The van der Waals surface area contributed by atoms with Gasteiger partial charge in [0.1, 0.15) is 6.61 Å². The first-order chi connectivity index (χ1) is 7.80. The van der Waals surface area contributed by atoms with Gasteiger partial charge in [-0.05, 0) is 25.7 Å². The van der Waals surface area contributed by atoms with Crippen molar-refractivity contribution in [3.8, 4) is 0 Å². The maximum absolute atomic E-state index is 9.66. The first-order valence-corrected chi connectivity index (χ1v) is 5.98. The van der Waals surface area contributed by atoms with Gasteiger partial charge >= 0.3 is 0 Å². The summed E-state index contributed by atoms with van der Waals surface area (Å²) in [7, 11) is 0. The van der Waals surface area contributed by atoms with Crippen LogP contribution in [0.1, 0.15) is 39.5 Å². The molecule has 0 aromatic heterocycles. The molecule has 5 nitrogen and oxygen atoms in total. The van der Waals surface area contributed by atoms with Gasteiger partial charge in [-0.2, -0.15) is 0 Å². The van der Waals surface area contributed by atoms with Crippen LogP contribution in [0.3, 0.4) is 0 Å². The number of rotatable bonds is 8. The van der Waals surface area contributed by atoms with Crippen molar-refractivity contribution in [1.29, 1.82) is 0 Å². The van der Waals surface area contributed by atoms with Crippen LogP contribution in [0, 0.1) is 0 Å². The molecule has 1 fully saturated rings. The van der Waals surface area contributed by atoms with Gasteiger partial charge in [-0.3, -0.25) is 5.04 Å². The molecule has 96 valence electrons. The Bertz CT molecular complexity index is 172. The van der Waals surface area contributed by atoms with E-state index in [4.69, 9.17) is 9.47 Å². The van der Waals surface area contributed by atoms with Crippen LogP contribution in [0.5, 0.6) is 0 Å². The van der Waals surface area contributed by atoms with Crippen molar-refractivity contribution in [2.75, 3.05) is 13.2 Å². The Balaban J connectivity index is 2.11. The summed E-state index contributed by atoms with van der Waals surface area (Å²) in [4.78, 5) is 4.31. The second-order valence-electron chi connectivity index (χ2n) is 4.08. The largest absolute Gasteiger partial charge is 0.692 e. The molecule has 0 aromatic rings. The SMILES string of the molecule is CCC(CC)OCC1CCC(COO[O-])O1. The highest BCUT2D eigenvalue weighted by molar-refractivity contribution is 4.73. The molecular weight excluding hydrogens is 212 g/mol. The van der Waals surface area contributed by atoms with E-state index in [0.717, 1.165) is 25.7 Å².